The van der Waals surface area contributed by atoms with Gasteiger partial charge in [-0.25, -0.2) is 5.84 Å². The molecule has 0 bridgehead atoms. The van der Waals surface area contributed by atoms with Gasteiger partial charge in [-0.1, -0.05) is 20.3 Å². The molecule has 0 aromatic rings. The molecule has 0 aliphatic carbocycles. The molecule has 1 saturated heterocycles. The second kappa shape index (κ2) is 6.08. The van der Waals surface area contributed by atoms with Crippen LogP contribution >= 0.6 is 0 Å². The van der Waals surface area contributed by atoms with E-state index < -0.39 is 0 Å². The number of hydrogen-bond donors (Lipinski definition) is 2. The number of carbonyl (C=O) groups excluding carboxylic acids is 1. The lowest BCUT2D eigenvalue weighted by Gasteiger charge is -2.36. The van der Waals surface area contributed by atoms with Crippen LogP contribution in [-0.2, 0) is 4.79 Å². The SMILES string of the molecule is CCC[C@H](C(=O)NN)N1CCC[C@H](C)C1. The van der Waals surface area contributed by atoms with Crippen molar-refractivity contribution in [3.8, 4) is 0 Å². The molecule has 15 heavy (non-hydrogen) atoms. The third kappa shape index (κ3) is 3.47. The summed E-state index contributed by atoms with van der Waals surface area (Å²) in [6.07, 6.45) is 4.39. The summed E-state index contributed by atoms with van der Waals surface area (Å²) in [6, 6.07) is -0.0252. The molecule has 88 valence electrons. The van der Waals surface area contributed by atoms with Crippen LogP contribution in [0.2, 0.25) is 0 Å². The van der Waals surface area contributed by atoms with Crippen molar-refractivity contribution in [2.24, 2.45) is 11.8 Å². The highest BCUT2D eigenvalue weighted by molar-refractivity contribution is 5.81. The Labute approximate surface area is 92.2 Å². The maximum absolute atomic E-state index is 11.6. The molecule has 0 saturated carbocycles. The van der Waals surface area contributed by atoms with Gasteiger partial charge in [-0.15, -0.1) is 0 Å². The van der Waals surface area contributed by atoms with Gasteiger partial charge in [0.05, 0.1) is 6.04 Å². The van der Waals surface area contributed by atoms with Gasteiger partial charge in [-0.05, 0) is 31.7 Å². The molecular formula is C11H23N3O. The third-order valence-corrected chi connectivity index (χ3v) is 3.14. The minimum Gasteiger partial charge on any atom is -0.293 e. The molecule has 2 atom stereocenters. The van der Waals surface area contributed by atoms with Gasteiger partial charge in [0.25, 0.3) is 5.91 Å². The van der Waals surface area contributed by atoms with E-state index in [1.54, 1.807) is 0 Å². The predicted octanol–water partition coefficient (Wildman–Crippen LogP) is 0.877. The lowest BCUT2D eigenvalue weighted by atomic mass is 9.97. The van der Waals surface area contributed by atoms with Crippen molar-refractivity contribution < 1.29 is 4.79 Å². The first-order valence-electron chi connectivity index (χ1n) is 5.93. The lowest BCUT2D eigenvalue weighted by Crippen LogP contribution is -2.51. The molecule has 1 rings (SSSR count). The summed E-state index contributed by atoms with van der Waals surface area (Å²) in [4.78, 5) is 13.9. The van der Waals surface area contributed by atoms with E-state index in [0.29, 0.717) is 5.92 Å². The number of carbonyl (C=O) groups is 1. The minimum absolute atomic E-state index is 0.0252. The molecule has 1 heterocycles. The van der Waals surface area contributed by atoms with E-state index in [1.165, 1.54) is 12.8 Å². The summed E-state index contributed by atoms with van der Waals surface area (Å²) < 4.78 is 0. The number of likely N-dealkylation sites (tertiary alicyclic amines) is 1. The number of nitrogens with zero attached hydrogens (tertiary/aromatic N) is 1. The molecule has 1 amide bonds. The summed E-state index contributed by atoms with van der Waals surface area (Å²) >= 11 is 0. The first-order valence-corrected chi connectivity index (χ1v) is 5.93. The summed E-state index contributed by atoms with van der Waals surface area (Å²) in [5, 5.41) is 0. The number of amides is 1. The number of hydrazine groups is 1. The van der Waals surface area contributed by atoms with Crippen molar-refractivity contribution in [2.75, 3.05) is 13.1 Å². The van der Waals surface area contributed by atoms with Crippen LogP contribution in [0.4, 0.5) is 0 Å². The Morgan fingerprint density at radius 3 is 2.93 bits per heavy atom. The molecule has 1 aliphatic rings. The molecule has 0 aromatic carbocycles. The van der Waals surface area contributed by atoms with Crippen molar-refractivity contribution in [3.05, 3.63) is 0 Å². The van der Waals surface area contributed by atoms with Crippen LogP contribution in [0.25, 0.3) is 0 Å². The Kier molecular flexibility index (Phi) is 5.05. The van der Waals surface area contributed by atoms with Gasteiger partial charge in [-0.2, -0.15) is 0 Å². The van der Waals surface area contributed by atoms with Gasteiger partial charge >= 0.3 is 0 Å². The van der Waals surface area contributed by atoms with E-state index in [0.717, 1.165) is 25.9 Å². The Bertz CT molecular complexity index is 208. The monoisotopic (exact) mass is 213 g/mol. The molecule has 1 aliphatic heterocycles. The van der Waals surface area contributed by atoms with Gasteiger partial charge in [0.15, 0.2) is 0 Å². The number of nitrogens with two attached hydrogens (primary N) is 1. The Morgan fingerprint density at radius 2 is 2.40 bits per heavy atom. The maximum Gasteiger partial charge on any atom is 0.251 e. The normalized spacial score (nSPS) is 24.9. The molecule has 0 aromatic heterocycles. The van der Waals surface area contributed by atoms with E-state index in [1.807, 2.05) is 0 Å². The molecular weight excluding hydrogens is 190 g/mol. The second-order valence-electron chi connectivity index (χ2n) is 4.56. The number of piperidine rings is 1. The van der Waals surface area contributed by atoms with Crippen molar-refractivity contribution >= 4 is 5.91 Å². The Balaban J connectivity index is 2.57. The molecule has 4 nitrogen and oxygen atoms in total. The number of hydrogen-bond acceptors (Lipinski definition) is 3. The molecule has 1 fully saturated rings. The van der Waals surface area contributed by atoms with E-state index in [-0.39, 0.29) is 11.9 Å². The molecule has 0 spiro atoms. The van der Waals surface area contributed by atoms with Gasteiger partial charge in [0.1, 0.15) is 0 Å². The lowest BCUT2D eigenvalue weighted by molar-refractivity contribution is -0.127. The topological polar surface area (TPSA) is 58.4 Å². The average Bonchev–Trinajstić information content (AvgIpc) is 2.25. The van der Waals surface area contributed by atoms with Gasteiger partial charge in [0, 0.05) is 6.54 Å². The van der Waals surface area contributed by atoms with E-state index in [9.17, 15) is 4.79 Å². The van der Waals surface area contributed by atoms with Gasteiger partial charge < -0.3 is 0 Å². The zero-order chi connectivity index (χ0) is 11.3. The summed E-state index contributed by atoms with van der Waals surface area (Å²) in [7, 11) is 0. The van der Waals surface area contributed by atoms with E-state index in [2.05, 4.69) is 24.2 Å². The quantitative estimate of drug-likeness (QED) is 0.414. The van der Waals surface area contributed by atoms with Gasteiger partial charge in [-0.3, -0.25) is 15.1 Å². The summed E-state index contributed by atoms with van der Waals surface area (Å²) in [5.41, 5.74) is 2.28. The van der Waals surface area contributed by atoms with Crippen LogP contribution in [0.1, 0.15) is 39.5 Å². The largest absolute Gasteiger partial charge is 0.293 e. The number of rotatable bonds is 4. The van der Waals surface area contributed by atoms with Crippen LogP contribution in [-0.4, -0.2) is 29.9 Å². The van der Waals surface area contributed by atoms with Crippen molar-refractivity contribution in [1.82, 2.24) is 10.3 Å². The van der Waals surface area contributed by atoms with E-state index in [4.69, 9.17) is 5.84 Å². The zero-order valence-corrected chi connectivity index (χ0v) is 9.83. The molecule has 0 radical (unpaired) electrons. The van der Waals surface area contributed by atoms with Gasteiger partial charge in [0.2, 0.25) is 0 Å². The predicted molar refractivity (Wildman–Crippen MR) is 61.0 cm³/mol. The first-order chi connectivity index (χ1) is 7.19. The zero-order valence-electron chi connectivity index (χ0n) is 9.83. The second-order valence-corrected chi connectivity index (χ2v) is 4.56. The highest BCUT2D eigenvalue weighted by Crippen LogP contribution is 2.19. The Morgan fingerprint density at radius 1 is 1.67 bits per heavy atom. The third-order valence-electron chi connectivity index (χ3n) is 3.14. The molecule has 0 unspecified atom stereocenters. The highest BCUT2D eigenvalue weighted by Gasteiger charge is 2.27. The average molecular weight is 213 g/mol. The first kappa shape index (κ1) is 12.5. The van der Waals surface area contributed by atoms with Crippen LogP contribution in [0.5, 0.6) is 0 Å². The van der Waals surface area contributed by atoms with Crippen LogP contribution in [0.15, 0.2) is 0 Å². The van der Waals surface area contributed by atoms with Crippen molar-refractivity contribution in [3.63, 3.8) is 0 Å². The minimum atomic E-state index is -0.0362. The highest BCUT2D eigenvalue weighted by atomic mass is 16.2. The van der Waals surface area contributed by atoms with E-state index >= 15 is 0 Å². The Hall–Kier alpha value is -0.610. The fourth-order valence-corrected chi connectivity index (χ4v) is 2.36. The fourth-order valence-electron chi connectivity index (χ4n) is 2.36. The summed E-state index contributed by atoms with van der Waals surface area (Å²) in [6.45, 7) is 6.40. The molecule has 4 heteroatoms. The van der Waals surface area contributed by atoms with Crippen LogP contribution in [0.3, 0.4) is 0 Å². The smallest absolute Gasteiger partial charge is 0.251 e. The number of nitrogens with one attached hydrogen (secondary N) is 1. The molecule has 3 N–H and O–H groups in total. The van der Waals surface area contributed by atoms with Crippen molar-refractivity contribution in [1.29, 1.82) is 0 Å². The standard InChI is InChI=1S/C11H23N3O/c1-3-5-10(11(15)13-12)14-7-4-6-9(2)8-14/h9-10H,3-8,12H2,1-2H3,(H,13,15)/t9-,10+/m0/s1. The van der Waals surface area contributed by atoms with Crippen LogP contribution < -0.4 is 11.3 Å². The maximum atomic E-state index is 11.6. The van der Waals surface area contributed by atoms with Crippen LogP contribution in [0, 0.1) is 5.92 Å². The van der Waals surface area contributed by atoms with Crippen molar-refractivity contribution in [2.45, 2.75) is 45.6 Å². The summed E-state index contributed by atoms with van der Waals surface area (Å²) in [5.74, 6) is 5.88. The fraction of sp³-hybridized carbons (Fsp3) is 0.909.